The molecule has 0 radical (unpaired) electrons. The highest BCUT2D eigenvalue weighted by Crippen LogP contribution is 2.23. The van der Waals surface area contributed by atoms with Crippen LogP contribution in [0.5, 0.6) is 5.75 Å². The van der Waals surface area contributed by atoms with Gasteiger partial charge < -0.3 is 19.7 Å². The summed E-state index contributed by atoms with van der Waals surface area (Å²) < 4.78 is 10.6. The Balaban J connectivity index is 1.41. The van der Waals surface area contributed by atoms with E-state index in [-0.39, 0.29) is 24.8 Å². The van der Waals surface area contributed by atoms with Gasteiger partial charge in [0, 0.05) is 24.3 Å². The van der Waals surface area contributed by atoms with Crippen LogP contribution in [0.15, 0.2) is 48.5 Å². The maximum atomic E-state index is 12.1. The lowest BCUT2D eigenvalue weighted by atomic mass is 10.2. The minimum atomic E-state index is -0.482. The van der Waals surface area contributed by atoms with E-state index in [1.807, 2.05) is 19.1 Å². The van der Waals surface area contributed by atoms with Crippen molar-refractivity contribution in [2.75, 3.05) is 30.0 Å². The molecule has 2 aromatic rings. The average molecular weight is 410 g/mol. The first-order valence-corrected chi connectivity index (χ1v) is 10.2. The Hall–Kier alpha value is -3.35. The summed E-state index contributed by atoms with van der Waals surface area (Å²) in [6, 6.07) is 13.9. The number of hydrogen-bond acceptors (Lipinski definition) is 5. The molecule has 0 spiro atoms. The second kappa shape index (κ2) is 10.4. The van der Waals surface area contributed by atoms with Gasteiger partial charge in [0.15, 0.2) is 0 Å². The maximum Gasteiger partial charge on any atom is 0.338 e. The molecule has 1 N–H and O–H groups in total. The molecule has 1 aliphatic rings. The maximum absolute atomic E-state index is 12.1. The van der Waals surface area contributed by atoms with Crippen LogP contribution in [0.2, 0.25) is 0 Å². The van der Waals surface area contributed by atoms with Crippen LogP contribution in [-0.2, 0) is 14.3 Å². The third kappa shape index (κ3) is 5.83. The molecule has 0 atom stereocenters. The summed E-state index contributed by atoms with van der Waals surface area (Å²) in [5, 5.41) is 2.76. The van der Waals surface area contributed by atoms with Gasteiger partial charge in [-0.25, -0.2) is 4.79 Å². The van der Waals surface area contributed by atoms with Gasteiger partial charge in [-0.2, -0.15) is 0 Å². The quantitative estimate of drug-likeness (QED) is 0.636. The zero-order valence-corrected chi connectivity index (χ0v) is 17.1. The van der Waals surface area contributed by atoms with Gasteiger partial charge in [-0.1, -0.05) is 6.92 Å². The second-order valence-electron chi connectivity index (χ2n) is 7.00. The first-order valence-electron chi connectivity index (χ1n) is 10.2. The van der Waals surface area contributed by atoms with Crippen molar-refractivity contribution < 1.29 is 23.9 Å². The van der Waals surface area contributed by atoms with Gasteiger partial charge in [0.25, 0.3) is 0 Å². The molecule has 0 aromatic heterocycles. The third-order valence-electron chi connectivity index (χ3n) is 4.66. The number of carbonyl (C=O) groups is 3. The predicted octanol–water partition coefficient (Wildman–Crippen LogP) is 3.79. The van der Waals surface area contributed by atoms with Crippen molar-refractivity contribution in [3.63, 3.8) is 0 Å². The molecule has 0 unspecified atom stereocenters. The van der Waals surface area contributed by atoms with E-state index in [1.54, 1.807) is 41.3 Å². The standard InChI is InChI=1S/C23H26N2O5/c1-2-15-29-20-11-5-17(6-12-20)23(28)30-16-13-21(26)24-18-7-9-19(10-8-18)25-14-3-4-22(25)27/h5-12H,2-4,13-16H2,1H3,(H,24,26). The molecule has 2 amide bonds. The van der Waals surface area contributed by atoms with Gasteiger partial charge in [0.1, 0.15) is 12.4 Å². The van der Waals surface area contributed by atoms with Crippen molar-refractivity contribution in [3.05, 3.63) is 54.1 Å². The molecule has 158 valence electrons. The molecule has 1 fully saturated rings. The number of benzene rings is 2. The molecule has 30 heavy (non-hydrogen) atoms. The normalized spacial score (nSPS) is 13.2. The number of rotatable bonds is 9. The van der Waals surface area contributed by atoms with E-state index in [4.69, 9.17) is 9.47 Å². The number of nitrogens with zero attached hydrogens (tertiary/aromatic N) is 1. The smallest absolute Gasteiger partial charge is 0.338 e. The summed E-state index contributed by atoms with van der Waals surface area (Å²) in [4.78, 5) is 37.7. The number of amides is 2. The number of carbonyl (C=O) groups excluding carboxylic acids is 3. The Morgan fingerprint density at radius 1 is 1.03 bits per heavy atom. The van der Waals surface area contributed by atoms with E-state index < -0.39 is 5.97 Å². The van der Waals surface area contributed by atoms with Gasteiger partial charge in [0.2, 0.25) is 11.8 Å². The van der Waals surface area contributed by atoms with E-state index in [2.05, 4.69) is 5.32 Å². The Labute approximate surface area is 176 Å². The third-order valence-corrected chi connectivity index (χ3v) is 4.66. The molecule has 0 saturated carbocycles. The van der Waals surface area contributed by atoms with Crippen molar-refractivity contribution >= 4 is 29.2 Å². The van der Waals surface area contributed by atoms with E-state index in [0.29, 0.717) is 30.0 Å². The van der Waals surface area contributed by atoms with Crippen LogP contribution in [0.4, 0.5) is 11.4 Å². The highest BCUT2D eigenvalue weighted by Gasteiger charge is 2.21. The summed E-state index contributed by atoms with van der Waals surface area (Å²) in [5.74, 6) is 0.0882. The Kier molecular flexibility index (Phi) is 7.43. The Morgan fingerprint density at radius 2 is 1.77 bits per heavy atom. The molecule has 3 rings (SSSR count). The molecule has 7 nitrogen and oxygen atoms in total. The van der Waals surface area contributed by atoms with Crippen LogP contribution < -0.4 is 15.0 Å². The Morgan fingerprint density at radius 3 is 2.40 bits per heavy atom. The van der Waals surface area contributed by atoms with E-state index in [9.17, 15) is 14.4 Å². The summed E-state index contributed by atoms with van der Waals surface area (Å²) in [6.07, 6.45) is 2.41. The van der Waals surface area contributed by atoms with Crippen LogP contribution in [0.1, 0.15) is 43.0 Å². The van der Waals surface area contributed by atoms with Crippen LogP contribution in [-0.4, -0.2) is 37.5 Å². The lowest BCUT2D eigenvalue weighted by molar-refractivity contribution is -0.117. The summed E-state index contributed by atoms with van der Waals surface area (Å²) >= 11 is 0. The molecular weight excluding hydrogens is 384 g/mol. The number of hydrogen-bond donors (Lipinski definition) is 1. The van der Waals surface area contributed by atoms with E-state index in [1.165, 1.54) is 0 Å². The Bertz CT molecular complexity index is 877. The predicted molar refractivity (Wildman–Crippen MR) is 114 cm³/mol. The van der Waals surface area contributed by atoms with Crippen molar-refractivity contribution in [1.29, 1.82) is 0 Å². The number of ether oxygens (including phenoxy) is 2. The van der Waals surface area contributed by atoms with Crippen molar-refractivity contribution in [1.82, 2.24) is 0 Å². The van der Waals surface area contributed by atoms with Crippen LogP contribution >= 0.6 is 0 Å². The van der Waals surface area contributed by atoms with E-state index >= 15 is 0 Å². The molecule has 7 heteroatoms. The molecule has 0 bridgehead atoms. The molecule has 1 heterocycles. The number of anilines is 2. The first kappa shape index (κ1) is 21.4. The molecular formula is C23H26N2O5. The van der Waals surface area contributed by atoms with Gasteiger partial charge in [0.05, 0.1) is 18.6 Å². The van der Waals surface area contributed by atoms with E-state index in [0.717, 1.165) is 25.1 Å². The second-order valence-corrected chi connectivity index (χ2v) is 7.00. The SMILES string of the molecule is CCCOc1ccc(C(=O)OCCC(=O)Nc2ccc(N3CCCC3=O)cc2)cc1. The molecule has 2 aromatic carbocycles. The van der Waals surface area contributed by atoms with Gasteiger partial charge in [-0.05, 0) is 61.4 Å². The fourth-order valence-corrected chi connectivity index (χ4v) is 3.10. The van der Waals surface area contributed by atoms with Crippen molar-refractivity contribution in [2.24, 2.45) is 0 Å². The summed E-state index contributed by atoms with van der Waals surface area (Å²) in [6.45, 7) is 3.36. The lowest BCUT2D eigenvalue weighted by Gasteiger charge is -2.16. The summed E-state index contributed by atoms with van der Waals surface area (Å²) in [7, 11) is 0. The van der Waals surface area contributed by atoms with Crippen LogP contribution in [0.3, 0.4) is 0 Å². The minimum Gasteiger partial charge on any atom is -0.494 e. The highest BCUT2D eigenvalue weighted by molar-refractivity contribution is 5.96. The molecule has 1 aliphatic heterocycles. The zero-order chi connectivity index (χ0) is 21.3. The highest BCUT2D eigenvalue weighted by atomic mass is 16.5. The fourth-order valence-electron chi connectivity index (χ4n) is 3.10. The minimum absolute atomic E-state index is 0.0148. The van der Waals surface area contributed by atoms with Crippen molar-refractivity contribution in [3.8, 4) is 5.75 Å². The van der Waals surface area contributed by atoms with Gasteiger partial charge >= 0.3 is 5.97 Å². The average Bonchev–Trinajstić information content (AvgIpc) is 3.19. The number of esters is 1. The number of nitrogens with one attached hydrogen (secondary N) is 1. The van der Waals surface area contributed by atoms with Gasteiger partial charge in [-0.15, -0.1) is 0 Å². The zero-order valence-electron chi connectivity index (χ0n) is 17.1. The first-order chi connectivity index (χ1) is 14.6. The molecule has 1 saturated heterocycles. The van der Waals surface area contributed by atoms with Crippen LogP contribution in [0.25, 0.3) is 0 Å². The topological polar surface area (TPSA) is 84.9 Å². The molecule has 0 aliphatic carbocycles. The fraction of sp³-hybridized carbons (Fsp3) is 0.348. The van der Waals surface area contributed by atoms with Gasteiger partial charge in [-0.3, -0.25) is 9.59 Å². The van der Waals surface area contributed by atoms with Crippen LogP contribution in [0, 0.1) is 0 Å². The summed E-state index contributed by atoms with van der Waals surface area (Å²) in [5.41, 5.74) is 1.87. The van der Waals surface area contributed by atoms with Crippen molar-refractivity contribution in [2.45, 2.75) is 32.6 Å². The lowest BCUT2D eigenvalue weighted by Crippen LogP contribution is -2.23. The monoisotopic (exact) mass is 410 g/mol. The largest absolute Gasteiger partial charge is 0.494 e.